The SMILES string of the molecule is CC(C)Cc1nc(C2CCC(C)O2)nc(Cl)c1I. The topological polar surface area (TPSA) is 35.0 Å². The van der Waals surface area contributed by atoms with Crippen LogP contribution in [0.15, 0.2) is 0 Å². The second-order valence-electron chi connectivity index (χ2n) is 5.24. The Morgan fingerprint density at radius 3 is 2.67 bits per heavy atom. The van der Waals surface area contributed by atoms with Gasteiger partial charge in [-0.3, -0.25) is 0 Å². The molecular formula is C13H18ClIN2O. The van der Waals surface area contributed by atoms with Crippen molar-refractivity contribution in [2.75, 3.05) is 0 Å². The van der Waals surface area contributed by atoms with Gasteiger partial charge in [-0.25, -0.2) is 9.97 Å². The Labute approximate surface area is 127 Å². The number of nitrogens with zero attached hydrogens (tertiary/aromatic N) is 2. The molecule has 2 rings (SSSR count). The molecule has 0 saturated carbocycles. The molecule has 100 valence electrons. The fraction of sp³-hybridized carbons (Fsp3) is 0.692. The first kappa shape index (κ1) is 14.5. The predicted molar refractivity (Wildman–Crippen MR) is 80.8 cm³/mol. The number of hydrogen-bond donors (Lipinski definition) is 0. The summed E-state index contributed by atoms with van der Waals surface area (Å²) < 4.78 is 6.79. The summed E-state index contributed by atoms with van der Waals surface area (Å²) in [5.74, 6) is 1.31. The fourth-order valence-corrected chi connectivity index (χ4v) is 2.80. The van der Waals surface area contributed by atoms with Crippen molar-refractivity contribution in [3.63, 3.8) is 0 Å². The molecule has 2 unspecified atom stereocenters. The van der Waals surface area contributed by atoms with Crippen molar-refractivity contribution in [1.82, 2.24) is 9.97 Å². The first-order valence-electron chi connectivity index (χ1n) is 6.34. The third-order valence-corrected chi connectivity index (χ3v) is 4.74. The maximum atomic E-state index is 6.20. The highest BCUT2D eigenvalue weighted by Crippen LogP contribution is 2.32. The molecule has 1 saturated heterocycles. The van der Waals surface area contributed by atoms with Gasteiger partial charge in [-0.2, -0.15) is 0 Å². The van der Waals surface area contributed by atoms with Gasteiger partial charge in [-0.15, -0.1) is 0 Å². The molecule has 3 nitrogen and oxygen atoms in total. The van der Waals surface area contributed by atoms with E-state index in [4.69, 9.17) is 16.3 Å². The summed E-state index contributed by atoms with van der Waals surface area (Å²) >= 11 is 8.43. The maximum Gasteiger partial charge on any atom is 0.159 e. The summed E-state index contributed by atoms with van der Waals surface area (Å²) in [5.41, 5.74) is 1.05. The Morgan fingerprint density at radius 1 is 1.39 bits per heavy atom. The third-order valence-electron chi connectivity index (χ3n) is 3.02. The van der Waals surface area contributed by atoms with E-state index in [1.54, 1.807) is 0 Å². The molecule has 0 aliphatic carbocycles. The molecule has 1 aliphatic rings. The van der Waals surface area contributed by atoms with Crippen LogP contribution in [0.25, 0.3) is 0 Å². The summed E-state index contributed by atoms with van der Waals surface area (Å²) in [6.07, 6.45) is 3.29. The normalized spacial score (nSPS) is 23.9. The van der Waals surface area contributed by atoms with Crippen molar-refractivity contribution in [2.24, 2.45) is 5.92 Å². The van der Waals surface area contributed by atoms with Gasteiger partial charge in [0.2, 0.25) is 0 Å². The Bertz CT molecular complexity index is 439. The Morgan fingerprint density at radius 2 is 2.11 bits per heavy atom. The van der Waals surface area contributed by atoms with Crippen molar-refractivity contribution in [3.8, 4) is 0 Å². The van der Waals surface area contributed by atoms with E-state index in [9.17, 15) is 0 Å². The van der Waals surface area contributed by atoms with Crippen LogP contribution in [-0.4, -0.2) is 16.1 Å². The summed E-state index contributed by atoms with van der Waals surface area (Å²) in [5, 5.41) is 0.555. The van der Waals surface area contributed by atoms with Gasteiger partial charge in [0.05, 0.1) is 15.4 Å². The largest absolute Gasteiger partial charge is 0.367 e. The van der Waals surface area contributed by atoms with Crippen LogP contribution in [0.4, 0.5) is 0 Å². The van der Waals surface area contributed by atoms with E-state index in [0.717, 1.165) is 34.4 Å². The van der Waals surface area contributed by atoms with Gasteiger partial charge < -0.3 is 4.74 Å². The quantitative estimate of drug-likeness (QED) is 0.583. The molecule has 2 heterocycles. The molecule has 18 heavy (non-hydrogen) atoms. The van der Waals surface area contributed by atoms with E-state index in [2.05, 4.69) is 53.3 Å². The average molecular weight is 381 g/mol. The van der Waals surface area contributed by atoms with Crippen LogP contribution < -0.4 is 0 Å². The third kappa shape index (κ3) is 3.33. The molecular weight excluding hydrogens is 363 g/mol. The number of rotatable bonds is 3. The van der Waals surface area contributed by atoms with Crippen molar-refractivity contribution in [2.45, 2.75) is 52.2 Å². The van der Waals surface area contributed by atoms with Crippen LogP contribution in [0.1, 0.15) is 51.2 Å². The van der Waals surface area contributed by atoms with Crippen molar-refractivity contribution >= 4 is 34.2 Å². The van der Waals surface area contributed by atoms with E-state index in [1.807, 2.05) is 0 Å². The van der Waals surface area contributed by atoms with Crippen LogP contribution in [0.5, 0.6) is 0 Å². The van der Waals surface area contributed by atoms with Crippen molar-refractivity contribution < 1.29 is 4.74 Å². The van der Waals surface area contributed by atoms with E-state index >= 15 is 0 Å². The van der Waals surface area contributed by atoms with Crippen LogP contribution in [0.2, 0.25) is 5.15 Å². The second-order valence-corrected chi connectivity index (χ2v) is 6.68. The zero-order chi connectivity index (χ0) is 13.3. The Hall–Kier alpha value is 0.0600. The van der Waals surface area contributed by atoms with E-state index in [-0.39, 0.29) is 6.10 Å². The minimum absolute atomic E-state index is 0.0143. The molecule has 0 aromatic carbocycles. The number of aromatic nitrogens is 2. The number of ether oxygens (including phenoxy) is 1. The molecule has 0 spiro atoms. The van der Waals surface area contributed by atoms with E-state index < -0.39 is 0 Å². The molecule has 1 aliphatic heterocycles. The van der Waals surface area contributed by atoms with Gasteiger partial charge in [0.1, 0.15) is 11.3 Å². The molecule has 0 amide bonds. The zero-order valence-corrected chi connectivity index (χ0v) is 13.8. The lowest BCUT2D eigenvalue weighted by Crippen LogP contribution is -2.11. The first-order valence-corrected chi connectivity index (χ1v) is 7.80. The molecule has 5 heteroatoms. The minimum atomic E-state index is 0.0143. The van der Waals surface area contributed by atoms with Gasteiger partial charge in [0, 0.05) is 0 Å². The van der Waals surface area contributed by atoms with E-state index in [0.29, 0.717) is 17.2 Å². The highest BCUT2D eigenvalue weighted by molar-refractivity contribution is 14.1. The summed E-state index contributed by atoms with van der Waals surface area (Å²) in [7, 11) is 0. The smallest absolute Gasteiger partial charge is 0.159 e. The van der Waals surface area contributed by atoms with Gasteiger partial charge in [-0.1, -0.05) is 25.4 Å². The minimum Gasteiger partial charge on any atom is -0.367 e. The zero-order valence-electron chi connectivity index (χ0n) is 10.9. The van der Waals surface area contributed by atoms with Crippen molar-refractivity contribution in [3.05, 3.63) is 20.2 Å². The molecule has 1 fully saturated rings. The highest BCUT2D eigenvalue weighted by atomic mass is 127. The summed E-state index contributed by atoms with van der Waals surface area (Å²) in [6.45, 7) is 6.45. The van der Waals surface area contributed by atoms with Gasteiger partial charge in [0.15, 0.2) is 5.82 Å². The maximum absolute atomic E-state index is 6.20. The summed E-state index contributed by atoms with van der Waals surface area (Å²) in [6, 6.07) is 0. The van der Waals surface area contributed by atoms with Gasteiger partial charge >= 0.3 is 0 Å². The molecule has 1 aromatic rings. The monoisotopic (exact) mass is 380 g/mol. The average Bonchev–Trinajstić information content (AvgIpc) is 2.70. The van der Waals surface area contributed by atoms with Crippen LogP contribution in [0.3, 0.4) is 0 Å². The standard InChI is InChI=1S/C13H18ClIN2O/c1-7(2)6-9-11(15)12(14)17-13(16-9)10-5-4-8(3)18-10/h7-8,10H,4-6H2,1-3H3. The predicted octanol–water partition coefficient (Wildman–Crippen LogP) is 4.17. The van der Waals surface area contributed by atoms with Crippen LogP contribution >= 0.6 is 34.2 Å². The highest BCUT2D eigenvalue weighted by Gasteiger charge is 2.27. The van der Waals surface area contributed by atoms with Crippen molar-refractivity contribution in [1.29, 1.82) is 0 Å². The Balaban J connectivity index is 2.29. The lowest BCUT2D eigenvalue weighted by atomic mass is 10.1. The molecule has 0 bridgehead atoms. The van der Waals surface area contributed by atoms with E-state index in [1.165, 1.54) is 0 Å². The molecule has 1 aromatic heterocycles. The first-order chi connectivity index (χ1) is 8.47. The number of halogens is 2. The lowest BCUT2D eigenvalue weighted by Gasteiger charge is -2.14. The molecule has 2 atom stereocenters. The van der Waals surface area contributed by atoms with Crippen LogP contribution in [0, 0.1) is 9.49 Å². The molecule has 0 radical (unpaired) electrons. The van der Waals surface area contributed by atoms with Gasteiger partial charge in [-0.05, 0) is 54.7 Å². The van der Waals surface area contributed by atoms with Gasteiger partial charge in [0.25, 0.3) is 0 Å². The summed E-state index contributed by atoms with van der Waals surface area (Å²) in [4.78, 5) is 9.04. The van der Waals surface area contributed by atoms with Crippen LogP contribution in [-0.2, 0) is 11.2 Å². The number of hydrogen-bond acceptors (Lipinski definition) is 3. The lowest BCUT2D eigenvalue weighted by molar-refractivity contribution is 0.0501. The fourth-order valence-electron chi connectivity index (χ4n) is 2.14. The Kier molecular flexibility index (Phi) is 4.83. The molecule has 0 N–H and O–H groups in total. The second kappa shape index (κ2) is 6.01.